The number of rotatable bonds is 1. The summed E-state index contributed by atoms with van der Waals surface area (Å²) in [5.74, 6) is -1.21. The Morgan fingerprint density at radius 1 is 1.40 bits per heavy atom. The van der Waals surface area contributed by atoms with Crippen molar-refractivity contribution in [3.8, 4) is 0 Å². The smallest absolute Gasteiger partial charge is 0.345 e. The summed E-state index contributed by atoms with van der Waals surface area (Å²) in [6, 6.07) is 0. The molecule has 2 atom stereocenters. The van der Waals surface area contributed by atoms with Crippen molar-refractivity contribution in [2.75, 3.05) is 7.11 Å². The van der Waals surface area contributed by atoms with Crippen LogP contribution in [-0.2, 0) is 19.0 Å². The molecule has 1 saturated heterocycles. The molecule has 0 unspecified atom stereocenters. The Morgan fingerprint density at radius 2 is 2.13 bits per heavy atom. The molecule has 0 aromatic rings. The first-order valence-electron chi connectivity index (χ1n) is 4.83. The third-order valence-electron chi connectivity index (χ3n) is 2.49. The van der Waals surface area contributed by atoms with E-state index >= 15 is 0 Å². The highest BCUT2D eigenvalue weighted by Crippen LogP contribution is 2.40. The lowest BCUT2D eigenvalue weighted by atomic mass is 9.92. The fourth-order valence-corrected chi connectivity index (χ4v) is 1.94. The zero-order valence-electron chi connectivity index (χ0n) is 9.02. The van der Waals surface area contributed by atoms with Gasteiger partial charge in [0.25, 0.3) is 0 Å². The van der Waals surface area contributed by atoms with Gasteiger partial charge in [-0.15, -0.1) is 0 Å². The Labute approximate surface area is 88.5 Å². The van der Waals surface area contributed by atoms with Gasteiger partial charge in [-0.05, 0) is 19.9 Å². The van der Waals surface area contributed by atoms with Crippen molar-refractivity contribution in [3.63, 3.8) is 0 Å². The number of ether oxygens (including phenoxy) is 3. The topological polar surface area (TPSA) is 44.8 Å². The van der Waals surface area contributed by atoms with Gasteiger partial charge in [0.1, 0.15) is 6.10 Å². The van der Waals surface area contributed by atoms with Crippen LogP contribution in [0, 0.1) is 0 Å². The number of methoxy groups -OCH3 is 1. The highest BCUT2D eigenvalue weighted by molar-refractivity contribution is 5.84. The van der Waals surface area contributed by atoms with Crippen LogP contribution in [0.25, 0.3) is 0 Å². The van der Waals surface area contributed by atoms with Gasteiger partial charge in [-0.25, -0.2) is 4.79 Å². The Kier molecular flexibility index (Phi) is 2.20. The molecule has 82 valence electrons. The molecule has 0 aromatic carbocycles. The van der Waals surface area contributed by atoms with Crippen molar-refractivity contribution in [3.05, 3.63) is 24.3 Å². The summed E-state index contributed by atoms with van der Waals surface area (Å²) in [6.45, 7) is 3.55. The molecule has 4 heteroatoms. The molecule has 15 heavy (non-hydrogen) atoms. The third-order valence-corrected chi connectivity index (χ3v) is 2.49. The van der Waals surface area contributed by atoms with E-state index in [0.717, 1.165) is 0 Å². The molecule has 0 aromatic heterocycles. The highest BCUT2D eigenvalue weighted by Gasteiger charge is 2.57. The van der Waals surface area contributed by atoms with Crippen molar-refractivity contribution >= 4 is 5.97 Å². The van der Waals surface area contributed by atoms with Crippen LogP contribution in [0.15, 0.2) is 24.3 Å². The van der Waals surface area contributed by atoms with Crippen LogP contribution in [0.5, 0.6) is 0 Å². The SMILES string of the molecule is COC(=O)[C@]12C=CC=C[C@H]1OC(C)(C)O2. The van der Waals surface area contributed by atoms with E-state index in [9.17, 15) is 4.79 Å². The molecule has 2 aliphatic rings. The van der Waals surface area contributed by atoms with Crippen LogP contribution < -0.4 is 0 Å². The summed E-state index contributed by atoms with van der Waals surface area (Å²) < 4.78 is 16.0. The highest BCUT2D eigenvalue weighted by atomic mass is 16.8. The van der Waals surface area contributed by atoms with Gasteiger partial charge in [0, 0.05) is 0 Å². The van der Waals surface area contributed by atoms with Crippen LogP contribution in [0.1, 0.15) is 13.8 Å². The van der Waals surface area contributed by atoms with Gasteiger partial charge in [0.15, 0.2) is 5.79 Å². The molecule has 0 bridgehead atoms. The molecular formula is C11H14O4. The largest absolute Gasteiger partial charge is 0.467 e. The minimum Gasteiger partial charge on any atom is -0.467 e. The Bertz CT molecular complexity index is 342. The average molecular weight is 210 g/mol. The van der Waals surface area contributed by atoms with Crippen LogP contribution in [0.2, 0.25) is 0 Å². The predicted molar refractivity (Wildman–Crippen MR) is 53.1 cm³/mol. The van der Waals surface area contributed by atoms with Crippen molar-refractivity contribution in [2.45, 2.75) is 31.3 Å². The first-order chi connectivity index (χ1) is 7.00. The molecule has 0 amide bonds. The van der Waals surface area contributed by atoms with E-state index in [1.165, 1.54) is 7.11 Å². The lowest BCUT2D eigenvalue weighted by molar-refractivity contribution is -0.179. The standard InChI is InChI=1S/C11H14O4/c1-10(2)14-8-6-4-5-7-11(8,15-10)9(12)13-3/h4-8H,1-3H3/t8-,11+/m1/s1. The van der Waals surface area contributed by atoms with E-state index in [-0.39, 0.29) is 0 Å². The average Bonchev–Trinajstić information content (AvgIpc) is 2.47. The summed E-state index contributed by atoms with van der Waals surface area (Å²) in [4.78, 5) is 11.7. The number of allylic oxidation sites excluding steroid dienone is 2. The van der Waals surface area contributed by atoms with E-state index in [0.29, 0.717) is 0 Å². The van der Waals surface area contributed by atoms with Gasteiger partial charge in [-0.2, -0.15) is 0 Å². The number of carbonyl (C=O) groups excluding carboxylic acids is 1. The van der Waals surface area contributed by atoms with Gasteiger partial charge in [0.2, 0.25) is 5.60 Å². The Morgan fingerprint density at radius 3 is 2.80 bits per heavy atom. The van der Waals surface area contributed by atoms with Crippen molar-refractivity contribution in [1.29, 1.82) is 0 Å². The normalized spacial score (nSPS) is 36.3. The first kappa shape index (κ1) is 10.4. The first-order valence-corrected chi connectivity index (χ1v) is 4.83. The maximum atomic E-state index is 11.7. The molecule has 1 fully saturated rings. The van der Waals surface area contributed by atoms with E-state index in [4.69, 9.17) is 14.2 Å². The van der Waals surface area contributed by atoms with Gasteiger partial charge in [0.05, 0.1) is 7.11 Å². The van der Waals surface area contributed by atoms with Crippen molar-refractivity contribution < 1.29 is 19.0 Å². The van der Waals surface area contributed by atoms with Gasteiger partial charge in [-0.1, -0.05) is 18.2 Å². The second-order valence-electron chi connectivity index (χ2n) is 4.07. The number of carbonyl (C=O) groups is 1. The second-order valence-corrected chi connectivity index (χ2v) is 4.07. The van der Waals surface area contributed by atoms with E-state index in [2.05, 4.69) is 0 Å². The quantitative estimate of drug-likeness (QED) is 0.609. The number of hydrogen-bond acceptors (Lipinski definition) is 4. The predicted octanol–water partition coefficient (Wildman–Crippen LogP) is 1.18. The van der Waals surface area contributed by atoms with Crippen molar-refractivity contribution in [2.24, 2.45) is 0 Å². The summed E-state index contributed by atoms with van der Waals surface area (Å²) >= 11 is 0. The maximum absolute atomic E-state index is 11.7. The Balaban J connectivity index is 2.39. The summed E-state index contributed by atoms with van der Waals surface area (Å²) in [7, 11) is 1.34. The zero-order chi connectivity index (χ0) is 11.1. The Hall–Kier alpha value is -1.13. The molecular weight excluding hydrogens is 196 g/mol. The molecule has 0 radical (unpaired) electrons. The lowest BCUT2D eigenvalue weighted by Gasteiger charge is -2.26. The van der Waals surface area contributed by atoms with Crippen LogP contribution in [-0.4, -0.2) is 30.6 Å². The number of esters is 1. The van der Waals surface area contributed by atoms with Gasteiger partial charge in [-0.3, -0.25) is 0 Å². The molecule has 1 aliphatic heterocycles. The molecule has 0 saturated carbocycles. The fourth-order valence-electron chi connectivity index (χ4n) is 1.94. The summed E-state index contributed by atoms with van der Waals surface area (Å²) in [6.07, 6.45) is 6.66. The van der Waals surface area contributed by atoms with E-state index < -0.39 is 23.5 Å². The summed E-state index contributed by atoms with van der Waals surface area (Å²) in [5.41, 5.74) is -1.12. The fraction of sp³-hybridized carbons (Fsp3) is 0.545. The van der Waals surface area contributed by atoms with Crippen molar-refractivity contribution in [1.82, 2.24) is 0 Å². The van der Waals surface area contributed by atoms with Gasteiger partial charge < -0.3 is 14.2 Å². The zero-order valence-corrected chi connectivity index (χ0v) is 9.02. The number of hydrogen-bond donors (Lipinski definition) is 0. The monoisotopic (exact) mass is 210 g/mol. The number of fused-ring (bicyclic) bond motifs is 1. The molecule has 0 spiro atoms. The second kappa shape index (κ2) is 3.18. The molecule has 1 heterocycles. The minimum atomic E-state index is -1.12. The van der Waals surface area contributed by atoms with Gasteiger partial charge >= 0.3 is 5.97 Å². The van der Waals surface area contributed by atoms with E-state index in [1.54, 1.807) is 32.1 Å². The molecule has 1 aliphatic carbocycles. The van der Waals surface area contributed by atoms with Crippen LogP contribution in [0.3, 0.4) is 0 Å². The molecule has 2 rings (SSSR count). The van der Waals surface area contributed by atoms with Crippen LogP contribution in [0.4, 0.5) is 0 Å². The van der Waals surface area contributed by atoms with Crippen LogP contribution >= 0.6 is 0 Å². The summed E-state index contributed by atoms with van der Waals surface area (Å²) in [5, 5.41) is 0. The lowest BCUT2D eigenvalue weighted by Crippen LogP contribution is -2.47. The minimum absolute atomic E-state index is 0.412. The molecule has 0 N–H and O–H groups in total. The third kappa shape index (κ3) is 1.50. The van der Waals surface area contributed by atoms with E-state index in [1.807, 2.05) is 6.08 Å². The maximum Gasteiger partial charge on any atom is 0.345 e. The molecule has 4 nitrogen and oxygen atoms in total.